The van der Waals surface area contributed by atoms with Gasteiger partial charge in [0.25, 0.3) is 5.91 Å². The van der Waals surface area contributed by atoms with Gasteiger partial charge in [-0.1, -0.05) is 33.3 Å². The molecule has 0 radical (unpaired) electrons. The molecule has 112 valence electrons. The number of amides is 1. The summed E-state index contributed by atoms with van der Waals surface area (Å²) in [7, 11) is 1.77. The number of carbonyl (C=O) groups excluding carboxylic acids is 1. The molecular weight excluding hydrogens is 364 g/mol. The molecule has 0 spiro atoms. The van der Waals surface area contributed by atoms with E-state index in [4.69, 9.17) is 0 Å². The third-order valence-electron chi connectivity index (χ3n) is 3.09. The van der Waals surface area contributed by atoms with Gasteiger partial charge >= 0.3 is 0 Å². The second-order valence-electron chi connectivity index (χ2n) is 4.69. The van der Waals surface area contributed by atoms with Crippen LogP contribution in [0.3, 0.4) is 0 Å². The number of nitrogens with zero attached hydrogens (tertiary/aromatic N) is 4. The summed E-state index contributed by atoms with van der Waals surface area (Å²) in [6, 6.07) is 7.65. The Kier molecular flexibility index (Phi) is 4.08. The van der Waals surface area contributed by atoms with E-state index in [9.17, 15) is 4.79 Å². The van der Waals surface area contributed by atoms with E-state index in [0.717, 1.165) is 14.7 Å². The molecule has 0 bridgehead atoms. The van der Waals surface area contributed by atoms with Crippen LogP contribution in [0.4, 0.5) is 0 Å². The lowest BCUT2D eigenvalue weighted by molar-refractivity contribution is 0.0992. The third-order valence-corrected chi connectivity index (χ3v) is 4.62. The van der Waals surface area contributed by atoms with Crippen LogP contribution >= 0.6 is 27.3 Å². The van der Waals surface area contributed by atoms with Gasteiger partial charge in [-0.3, -0.25) is 9.48 Å². The number of thiazole rings is 1. The number of benzene rings is 1. The Bertz CT molecular complexity index is 935. The molecule has 7 heteroatoms. The van der Waals surface area contributed by atoms with Crippen LogP contribution in [0.2, 0.25) is 0 Å². The van der Waals surface area contributed by atoms with Crippen molar-refractivity contribution in [2.45, 2.75) is 6.54 Å². The van der Waals surface area contributed by atoms with Crippen molar-refractivity contribution in [3.8, 4) is 0 Å². The first-order valence-corrected chi connectivity index (χ1v) is 8.18. The maximum Gasteiger partial charge on any atom is 0.300 e. The Balaban J connectivity index is 2.16. The normalized spacial score (nSPS) is 12.0. The number of aromatic nitrogens is 3. The van der Waals surface area contributed by atoms with E-state index in [2.05, 4.69) is 32.6 Å². The maximum absolute atomic E-state index is 12.2. The maximum atomic E-state index is 12.2. The van der Waals surface area contributed by atoms with Crippen LogP contribution in [0.25, 0.3) is 10.2 Å². The molecule has 0 N–H and O–H groups in total. The lowest BCUT2D eigenvalue weighted by Gasteiger charge is -2.00. The molecule has 0 aliphatic rings. The molecule has 0 aliphatic carbocycles. The number of aryl methyl sites for hydroxylation is 1. The zero-order valence-corrected chi connectivity index (χ0v) is 14.3. The minimum atomic E-state index is -0.343. The summed E-state index contributed by atoms with van der Waals surface area (Å²) < 4.78 is 5.61. The van der Waals surface area contributed by atoms with Crippen molar-refractivity contribution >= 4 is 43.4 Å². The molecule has 0 aliphatic heterocycles. The van der Waals surface area contributed by atoms with Gasteiger partial charge in [-0.05, 0) is 24.3 Å². The van der Waals surface area contributed by atoms with Crippen molar-refractivity contribution < 1.29 is 4.79 Å². The molecule has 2 heterocycles. The molecule has 22 heavy (non-hydrogen) atoms. The lowest BCUT2D eigenvalue weighted by atomic mass is 10.3. The van der Waals surface area contributed by atoms with Gasteiger partial charge in [0, 0.05) is 24.3 Å². The Morgan fingerprint density at radius 1 is 1.50 bits per heavy atom. The van der Waals surface area contributed by atoms with E-state index in [1.54, 1.807) is 30.1 Å². The van der Waals surface area contributed by atoms with Crippen molar-refractivity contribution in [1.82, 2.24) is 14.3 Å². The van der Waals surface area contributed by atoms with Crippen molar-refractivity contribution in [3.05, 3.63) is 58.1 Å². The van der Waals surface area contributed by atoms with Gasteiger partial charge in [0.2, 0.25) is 0 Å². The number of allylic oxidation sites excluding steroid dienone is 1. The summed E-state index contributed by atoms with van der Waals surface area (Å²) >= 11 is 4.93. The average molecular weight is 377 g/mol. The SMILES string of the molecule is C=CCn1c(=NC(=O)c2ccn(C)n2)sc2cc(Br)ccc21. The molecule has 0 unspecified atom stereocenters. The predicted octanol–water partition coefficient (Wildman–Crippen LogP) is 3.13. The fraction of sp³-hybridized carbons (Fsp3) is 0.133. The summed E-state index contributed by atoms with van der Waals surface area (Å²) in [6.45, 7) is 4.37. The summed E-state index contributed by atoms with van der Waals surface area (Å²) in [6.07, 6.45) is 3.51. The second-order valence-corrected chi connectivity index (χ2v) is 6.61. The molecule has 0 saturated carbocycles. The van der Waals surface area contributed by atoms with Crippen molar-refractivity contribution in [2.75, 3.05) is 0 Å². The quantitative estimate of drug-likeness (QED) is 0.659. The van der Waals surface area contributed by atoms with E-state index >= 15 is 0 Å². The molecule has 2 aromatic heterocycles. The highest BCUT2D eigenvalue weighted by Crippen LogP contribution is 2.22. The Morgan fingerprint density at radius 2 is 2.32 bits per heavy atom. The molecule has 0 atom stereocenters. The zero-order chi connectivity index (χ0) is 15.7. The fourth-order valence-corrected chi connectivity index (χ4v) is 3.70. The number of hydrogen-bond donors (Lipinski definition) is 0. The van der Waals surface area contributed by atoms with E-state index in [0.29, 0.717) is 17.0 Å². The van der Waals surface area contributed by atoms with Crippen LogP contribution in [0.5, 0.6) is 0 Å². The number of hydrogen-bond acceptors (Lipinski definition) is 3. The van der Waals surface area contributed by atoms with Crippen molar-refractivity contribution in [1.29, 1.82) is 0 Å². The molecule has 3 rings (SSSR count). The van der Waals surface area contributed by atoms with Crippen LogP contribution in [0.15, 0.2) is 52.6 Å². The van der Waals surface area contributed by atoms with Crippen LogP contribution in [-0.4, -0.2) is 20.3 Å². The molecule has 1 amide bonds. The standard InChI is InChI=1S/C15H13BrN4OS/c1-3-7-20-12-5-4-10(16)9-13(12)22-15(20)17-14(21)11-6-8-19(2)18-11/h3-6,8-9H,1,7H2,2H3. The summed E-state index contributed by atoms with van der Waals surface area (Å²) in [5.74, 6) is -0.343. The number of halogens is 1. The number of fused-ring (bicyclic) bond motifs is 1. The van der Waals surface area contributed by atoms with E-state index in [-0.39, 0.29) is 5.91 Å². The Morgan fingerprint density at radius 3 is 3.00 bits per heavy atom. The van der Waals surface area contributed by atoms with Crippen molar-refractivity contribution in [3.63, 3.8) is 0 Å². The van der Waals surface area contributed by atoms with E-state index in [1.807, 2.05) is 22.8 Å². The van der Waals surface area contributed by atoms with Gasteiger partial charge in [0.15, 0.2) is 10.5 Å². The topological polar surface area (TPSA) is 52.2 Å². The largest absolute Gasteiger partial charge is 0.312 e. The Labute approximate surface area is 139 Å². The molecule has 5 nitrogen and oxygen atoms in total. The minimum absolute atomic E-state index is 0.339. The van der Waals surface area contributed by atoms with Gasteiger partial charge in [-0.15, -0.1) is 6.58 Å². The molecule has 0 saturated heterocycles. The van der Waals surface area contributed by atoms with E-state index in [1.165, 1.54) is 11.3 Å². The van der Waals surface area contributed by atoms with Gasteiger partial charge < -0.3 is 4.57 Å². The van der Waals surface area contributed by atoms with Crippen LogP contribution in [0.1, 0.15) is 10.5 Å². The predicted molar refractivity (Wildman–Crippen MR) is 90.8 cm³/mol. The minimum Gasteiger partial charge on any atom is -0.312 e. The smallest absolute Gasteiger partial charge is 0.300 e. The van der Waals surface area contributed by atoms with Crippen LogP contribution in [0, 0.1) is 0 Å². The first-order chi connectivity index (χ1) is 10.6. The van der Waals surface area contributed by atoms with Crippen LogP contribution in [-0.2, 0) is 13.6 Å². The first kappa shape index (κ1) is 14.9. The monoisotopic (exact) mass is 376 g/mol. The Hall–Kier alpha value is -1.99. The average Bonchev–Trinajstić information content (AvgIpc) is 3.04. The highest BCUT2D eigenvalue weighted by molar-refractivity contribution is 9.10. The van der Waals surface area contributed by atoms with Crippen LogP contribution < -0.4 is 4.80 Å². The first-order valence-electron chi connectivity index (χ1n) is 6.57. The van der Waals surface area contributed by atoms with Gasteiger partial charge in [0.05, 0.1) is 10.2 Å². The number of rotatable bonds is 3. The number of carbonyl (C=O) groups is 1. The lowest BCUT2D eigenvalue weighted by Crippen LogP contribution is -2.16. The third kappa shape index (κ3) is 2.82. The van der Waals surface area contributed by atoms with E-state index < -0.39 is 0 Å². The summed E-state index contributed by atoms with van der Waals surface area (Å²) in [4.78, 5) is 17.1. The van der Waals surface area contributed by atoms with Gasteiger partial charge in [-0.2, -0.15) is 10.1 Å². The highest BCUT2D eigenvalue weighted by atomic mass is 79.9. The zero-order valence-electron chi connectivity index (χ0n) is 11.9. The van der Waals surface area contributed by atoms with Crippen molar-refractivity contribution in [2.24, 2.45) is 12.0 Å². The highest BCUT2D eigenvalue weighted by Gasteiger charge is 2.10. The summed E-state index contributed by atoms with van der Waals surface area (Å²) in [5.41, 5.74) is 1.37. The molecule has 1 aromatic carbocycles. The molecule has 3 aromatic rings. The fourth-order valence-electron chi connectivity index (χ4n) is 2.11. The molecule has 0 fully saturated rings. The summed E-state index contributed by atoms with van der Waals surface area (Å²) in [5, 5.41) is 4.09. The van der Waals surface area contributed by atoms with Gasteiger partial charge in [-0.25, -0.2) is 0 Å². The molecular formula is C15H13BrN4OS. The second kappa shape index (κ2) is 6.02. The van der Waals surface area contributed by atoms with Gasteiger partial charge in [0.1, 0.15) is 0 Å².